The number of para-hydroxylation sites is 2. The fourth-order valence-electron chi connectivity index (χ4n) is 3.71. The van der Waals surface area contributed by atoms with Crippen molar-refractivity contribution in [2.24, 2.45) is 0 Å². The van der Waals surface area contributed by atoms with E-state index in [9.17, 15) is 4.79 Å². The van der Waals surface area contributed by atoms with E-state index >= 15 is 0 Å². The van der Waals surface area contributed by atoms with Gasteiger partial charge in [-0.2, -0.15) is 0 Å². The molecule has 0 bridgehead atoms. The van der Waals surface area contributed by atoms with Gasteiger partial charge in [0, 0.05) is 25.4 Å². The standard InChI is InChI=1S/C22H21N3O2/c1-3-12-25-20-7-5-4-6-19(20)23-22(25)17-13-21(26)24(15-17)14-16-8-10-18(27-2)11-9-16/h1,4-11,17H,12-15H2,2H3/t17-/m0/s1. The number of hydrogen-bond acceptors (Lipinski definition) is 3. The Balaban J connectivity index is 1.57. The minimum absolute atomic E-state index is 0.0523. The normalized spacial score (nSPS) is 16.7. The van der Waals surface area contributed by atoms with Crippen LogP contribution < -0.4 is 4.74 Å². The van der Waals surface area contributed by atoms with E-state index in [0.717, 1.165) is 28.2 Å². The smallest absolute Gasteiger partial charge is 0.223 e. The Bertz CT molecular complexity index is 1010. The van der Waals surface area contributed by atoms with Gasteiger partial charge in [0.25, 0.3) is 0 Å². The number of likely N-dealkylation sites (tertiary alicyclic amines) is 1. The summed E-state index contributed by atoms with van der Waals surface area (Å²) in [5, 5.41) is 0. The van der Waals surface area contributed by atoms with Crippen LogP contribution in [0.15, 0.2) is 48.5 Å². The molecule has 1 aliphatic heterocycles. The number of terminal acetylenes is 1. The van der Waals surface area contributed by atoms with Crippen molar-refractivity contribution in [3.05, 3.63) is 59.9 Å². The molecule has 0 saturated carbocycles. The van der Waals surface area contributed by atoms with Crippen molar-refractivity contribution in [3.8, 4) is 18.1 Å². The first-order valence-corrected chi connectivity index (χ1v) is 8.99. The number of rotatable bonds is 5. The molecular weight excluding hydrogens is 338 g/mol. The molecule has 5 nitrogen and oxygen atoms in total. The minimum atomic E-state index is 0.0523. The summed E-state index contributed by atoms with van der Waals surface area (Å²) in [7, 11) is 1.64. The number of benzene rings is 2. The van der Waals surface area contributed by atoms with Crippen molar-refractivity contribution >= 4 is 16.9 Å². The Hall–Kier alpha value is -3.26. The Morgan fingerprint density at radius 2 is 2.00 bits per heavy atom. The molecule has 5 heteroatoms. The van der Waals surface area contributed by atoms with Crippen LogP contribution in [0, 0.1) is 12.3 Å². The topological polar surface area (TPSA) is 47.4 Å². The number of aromatic nitrogens is 2. The van der Waals surface area contributed by atoms with E-state index in [2.05, 4.69) is 10.5 Å². The van der Waals surface area contributed by atoms with Crippen LogP contribution in [0.2, 0.25) is 0 Å². The third kappa shape index (κ3) is 3.26. The number of ether oxygens (including phenoxy) is 1. The van der Waals surface area contributed by atoms with Gasteiger partial charge in [0.1, 0.15) is 11.6 Å². The van der Waals surface area contributed by atoms with E-state index in [1.165, 1.54) is 0 Å². The van der Waals surface area contributed by atoms with Crippen molar-refractivity contribution in [1.29, 1.82) is 0 Å². The first-order valence-electron chi connectivity index (χ1n) is 8.99. The number of carbonyl (C=O) groups excluding carboxylic acids is 1. The van der Waals surface area contributed by atoms with Gasteiger partial charge in [0.2, 0.25) is 5.91 Å². The van der Waals surface area contributed by atoms with Crippen LogP contribution in [-0.2, 0) is 17.9 Å². The molecular formula is C22H21N3O2. The summed E-state index contributed by atoms with van der Waals surface area (Å²) in [6, 6.07) is 15.8. The molecule has 0 aliphatic carbocycles. The maximum atomic E-state index is 12.6. The van der Waals surface area contributed by atoms with Crippen LogP contribution in [0.4, 0.5) is 0 Å². The number of carbonyl (C=O) groups is 1. The number of hydrogen-bond donors (Lipinski definition) is 0. The van der Waals surface area contributed by atoms with Gasteiger partial charge in [-0.1, -0.05) is 30.2 Å². The van der Waals surface area contributed by atoms with Gasteiger partial charge in [-0.15, -0.1) is 6.42 Å². The largest absolute Gasteiger partial charge is 0.497 e. The van der Waals surface area contributed by atoms with Gasteiger partial charge in [-0.05, 0) is 29.8 Å². The molecule has 0 spiro atoms. The molecule has 2 heterocycles. The van der Waals surface area contributed by atoms with E-state index in [1.807, 2.05) is 53.4 Å². The van der Waals surface area contributed by atoms with Crippen LogP contribution in [0.25, 0.3) is 11.0 Å². The zero-order valence-electron chi connectivity index (χ0n) is 15.3. The molecule has 2 aromatic carbocycles. The summed E-state index contributed by atoms with van der Waals surface area (Å²) in [4.78, 5) is 19.3. The fourth-order valence-corrected chi connectivity index (χ4v) is 3.71. The third-order valence-electron chi connectivity index (χ3n) is 5.05. The first-order chi connectivity index (χ1) is 13.2. The quantitative estimate of drug-likeness (QED) is 0.657. The highest BCUT2D eigenvalue weighted by Gasteiger charge is 2.33. The van der Waals surface area contributed by atoms with Gasteiger partial charge in [0.15, 0.2) is 0 Å². The van der Waals surface area contributed by atoms with Gasteiger partial charge >= 0.3 is 0 Å². The monoisotopic (exact) mass is 359 g/mol. The molecule has 1 aromatic heterocycles. The van der Waals surface area contributed by atoms with Crippen LogP contribution in [-0.4, -0.2) is 34.0 Å². The zero-order valence-corrected chi connectivity index (χ0v) is 15.3. The molecule has 1 saturated heterocycles. The molecule has 3 aromatic rings. The predicted molar refractivity (Wildman–Crippen MR) is 104 cm³/mol. The first kappa shape index (κ1) is 17.2. The second-order valence-electron chi connectivity index (χ2n) is 6.77. The molecule has 0 radical (unpaired) electrons. The SMILES string of the molecule is C#CCn1c([C@H]2CC(=O)N(Cc3ccc(OC)cc3)C2)nc2ccccc21. The molecule has 1 fully saturated rings. The summed E-state index contributed by atoms with van der Waals surface area (Å²) < 4.78 is 7.25. The lowest BCUT2D eigenvalue weighted by molar-refractivity contribution is -0.128. The summed E-state index contributed by atoms with van der Waals surface area (Å²) >= 11 is 0. The molecule has 0 N–H and O–H groups in total. The van der Waals surface area contributed by atoms with Gasteiger partial charge in [-0.25, -0.2) is 4.98 Å². The summed E-state index contributed by atoms with van der Waals surface area (Å²) in [6.07, 6.45) is 6.03. The average Bonchev–Trinajstić information content (AvgIpc) is 3.24. The highest BCUT2D eigenvalue weighted by atomic mass is 16.5. The molecule has 136 valence electrons. The minimum Gasteiger partial charge on any atom is -0.497 e. The average molecular weight is 359 g/mol. The fraction of sp³-hybridized carbons (Fsp3) is 0.273. The number of nitrogens with zero attached hydrogens (tertiary/aromatic N) is 3. The summed E-state index contributed by atoms with van der Waals surface area (Å²) in [5.41, 5.74) is 3.03. The Morgan fingerprint density at radius 3 is 2.74 bits per heavy atom. The Labute approximate surface area is 158 Å². The number of imidazole rings is 1. The van der Waals surface area contributed by atoms with Crippen LogP contribution >= 0.6 is 0 Å². The van der Waals surface area contributed by atoms with E-state index in [-0.39, 0.29) is 11.8 Å². The van der Waals surface area contributed by atoms with Crippen LogP contribution in [0.5, 0.6) is 5.75 Å². The van der Waals surface area contributed by atoms with E-state index in [1.54, 1.807) is 7.11 Å². The number of methoxy groups -OCH3 is 1. The van der Waals surface area contributed by atoms with Crippen LogP contribution in [0.3, 0.4) is 0 Å². The maximum absolute atomic E-state index is 12.6. The molecule has 1 atom stereocenters. The van der Waals surface area contributed by atoms with Crippen molar-refractivity contribution in [1.82, 2.24) is 14.5 Å². The molecule has 1 amide bonds. The lowest BCUT2D eigenvalue weighted by Gasteiger charge is -2.17. The van der Waals surface area contributed by atoms with E-state index < -0.39 is 0 Å². The Morgan fingerprint density at radius 1 is 1.22 bits per heavy atom. The number of fused-ring (bicyclic) bond motifs is 1. The lowest BCUT2D eigenvalue weighted by atomic mass is 10.1. The van der Waals surface area contributed by atoms with Gasteiger partial charge < -0.3 is 14.2 Å². The van der Waals surface area contributed by atoms with E-state index in [0.29, 0.717) is 26.1 Å². The zero-order chi connectivity index (χ0) is 18.8. The predicted octanol–water partition coefficient (Wildman–Crippen LogP) is 3.19. The molecule has 27 heavy (non-hydrogen) atoms. The highest BCUT2D eigenvalue weighted by molar-refractivity contribution is 5.81. The maximum Gasteiger partial charge on any atom is 0.223 e. The summed E-state index contributed by atoms with van der Waals surface area (Å²) in [6.45, 7) is 1.70. The molecule has 0 unspecified atom stereocenters. The molecule has 1 aliphatic rings. The third-order valence-corrected chi connectivity index (χ3v) is 5.05. The Kier molecular flexibility index (Phi) is 4.55. The van der Waals surface area contributed by atoms with Gasteiger partial charge in [0.05, 0.1) is 24.7 Å². The van der Waals surface area contributed by atoms with E-state index in [4.69, 9.17) is 16.1 Å². The second-order valence-corrected chi connectivity index (χ2v) is 6.77. The van der Waals surface area contributed by atoms with Crippen molar-refractivity contribution in [3.63, 3.8) is 0 Å². The second kappa shape index (κ2) is 7.16. The van der Waals surface area contributed by atoms with Crippen LogP contribution in [0.1, 0.15) is 23.7 Å². The summed E-state index contributed by atoms with van der Waals surface area (Å²) in [5.74, 6) is 4.63. The van der Waals surface area contributed by atoms with Crippen molar-refractivity contribution in [2.45, 2.75) is 25.4 Å². The van der Waals surface area contributed by atoms with Crippen molar-refractivity contribution < 1.29 is 9.53 Å². The van der Waals surface area contributed by atoms with Crippen molar-refractivity contribution in [2.75, 3.05) is 13.7 Å². The molecule has 4 rings (SSSR count). The number of amides is 1. The highest BCUT2D eigenvalue weighted by Crippen LogP contribution is 2.31. The van der Waals surface area contributed by atoms with Gasteiger partial charge in [-0.3, -0.25) is 4.79 Å². The lowest BCUT2D eigenvalue weighted by Crippen LogP contribution is -2.24.